The fourth-order valence-electron chi connectivity index (χ4n) is 1.69. The van der Waals surface area contributed by atoms with Crippen molar-refractivity contribution in [1.29, 1.82) is 0 Å². The Morgan fingerprint density at radius 1 is 1.05 bits per heavy atom. The summed E-state index contributed by atoms with van der Waals surface area (Å²) >= 11 is 3.04. The van der Waals surface area contributed by atoms with Crippen LogP contribution in [-0.2, 0) is 4.79 Å². The van der Waals surface area contributed by atoms with Crippen molar-refractivity contribution in [3.63, 3.8) is 0 Å². The first kappa shape index (κ1) is 15.9. The van der Waals surface area contributed by atoms with Gasteiger partial charge in [-0.05, 0) is 24.3 Å². The molecule has 0 fully saturated rings. The summed E-state index contributed by atoms with van der Waals surface area (Å²) in [6, 6.07) is 17.8. The highest BCUT2D eigenvalue weighted by Crippen LogP contribution is 2.33. The summed E-state index contributed by atoms with van der Waals surface area (Å²) in [6.45, 7) is 0.0956. The topological polar surface area (TPSA) is 49.3 Å². The number of hydrogen-bond acceptors (Lipinski definition) is 4. The van der Waals surface area contributed by atoms with Gasteiger partial charge in [0, 0.05) is 15.5 Å². The van der Waals surface area contributed by atoms with Crippen LogP contribution >= 0.6 is 23.5 Å². The molecule has 3 nitrogen and oxygen atoms in total. The number of aliphatic hydroxyl groups excluding tert-OH is 1. The zero-order chi connectivity index (χ0) is 14.9. The molecule has 0 unspecified atom stereocenters. The van der Waals surface area contributed by atoms with Crippen molar-refractivity contribution in [3.8, 4) is 0 Å². The zero-order valence-corrected chi connectivity index (χ0v) is 13.1. The smallest absolute Gasteiger partial charge is 0.234 e. The molecular formula is C16H17NO2S2. The number of rotatable bonds is 7. The Bertz CT molecular complexity index is 575. The van der Waals surface area contributed by atoms with E-state index < -0.39 is 0 Å². The minimum Gasteiger partial charge on any atom is -0.396 e. The van der Waals surface area contributed by atoms with Crippen LogP contribution in [0.3, 0.4) is 0 Å². The monoisotopic (exact) mass is 319 g/mol. The van der Waals surface area contributed by atoms with Gasteiger partial charge in [0.2, 0.25) is 5.91 Å². The van der Waals surface area contributed by atoms with Crippen LogP contribution < -0.4 is 5.32 Å². The van der Waals surface area contributed by atoms with E-state index in [-0.39, 0.29) is 12.5 Å². The minimum absolute atomic E-state index is 0.0467. The van der Waals surface area contributed by atoms with Gasteiger partial charge in [-0.15, -0.1) is 11.8 Å². The van der Waals surface area contributed by atoms with Crippen molar-refractivity contribution in [2.24, 2.45) is 0 Å². The van der Waals surface area contributed by atoms with Crippen LogP contribution in [0.25, 0.3) is 0 Å². The van der Waals surface area contributed by atoms with E-state index in [0.29, 0.717) is 11.5 Å². The van der Waals surface area contributed by atoms with Gasteiger partial charge < -0.3 is 10.4 Å². The normalized spacial score (nSPS) is 10.3. The summed E-state index contributed by atoms with van der Waals surface area (Å²) in [5.74, 6) is 0.883. The standard InChI is InChI=1S/C16H17NO2S2/c18-10-11-20-12-16(19)17-14-8-4-5-9-15(14)21-13-6-2-1-3-7-13/h1-9,18H,10-12H2,(H,17,19). The first-order valence-electron chi connectivity index (χ1n) is 6.60. The van der Waals surface area contributed by atoms with Gasteiger partial charge in [-0.1, -0.05) is 42.1 Å². The van der Waals surface area contributed by atoms with Crippen molar-refractivity contribution in [2.45, 2.75) is 9.79 Å². The van der Waals surface area contributed by atoms with E-state index >= 15 is 0 Å². The van der Waals surface area contributed by atoms with Crippen molar-refractivity contribution < 1.29 is 9.90 Å². The average molecular weight is 319 g/mol. The second-order valence-corrected chi connectivity index (χ2v) is 6.46. The number of carbonyl (C=O) groups is 1. The number of amides is 1. The van der Waals surface area contributed by atoms with Crippen molar-refractivity contribution in [3.05, 3.63) is 54.6 Å². The second-order valence-electron chi connectivity index (χ2n) is 4.24. The molecule has 0 bridgehead atoms. The van der Waals surface area contributed by atoms with E-state index in [1.54, 1.807) is 11.8 Å². The van der Waals surface area contributed by atoms with Gasteiger partial charge in [-0.3, -0.25) is 4.79 Å². The van der Waals surface area contributed by atoms with Crippen LogP contribution in [0.1, 0.15) is 0 Å². The molecule has 0 aromatic heterocycles. The Morgan fingerprint density at radius 2 is 1.76 bits per heavy atom. The number of thioether (sulfide) groups is 1. The number of benzene rings is 2. The minimum atomic E-state index is -0.0467. The molecule has 2 aromatic carbocycles. The lowest BCUT2D eigenvalue weighted by Crippen LogP contribution is -2.15. The molecule has 0 radical (unpaired) electrons. The van der Waals surface area contributed by atoms with Crippen LogP contribution in [0.5, 0.6) is 0 Å². The maximum atomic E-state index is 11.9. The van der Waals surface area contributed by atoms with Crippen LogP contribution in [-0.4, -0.2) is 29.1 Å². The van der Waals surface area contributed by atoms with E-state index in [0.717, 1.165) is 15.5 Å². The predicted octanol–water partition coefficient (Wildman–Crippen LogP) is 3.50. The zero-order valence-electron chi connectivity index (χ0n) is 11.5. The van der Waals surface area contributed by atoms with Gasteiger partial charge >= 0.3 is 0 Å². The molecule has 0 aliphatic carbocycles. The second kappa shape index (κ2) is 8.77. The SMILES string of the molecule is O=C(CSCCO)Nc1ccccc1Sc1ccccc1. The highest BCUT2D eigenvalue weighted by atomic mass is 32.2. The molecule has 2 aromatic rings. The third-order valence-corrected chi connectivity index (χ3v) is 4.62. The Balaban J connectivity index is 2.01. The molecule has 1 amide bonds. The molecule has 21 heavy (non-hydrogen) atoms. The number of para-hydroxylation sites is 1. The fraction of sp³-hybridized carbons (Fsp3) is 0.188. The third kappa shape index (κ3) is 5.46. The summed E-state index contributed by atoms with van der Waals surface area (Å²) in [5, 5.41) is 11.6. The molecule has 0 spiro atoms. The van der Waals surface area contributed by atoms with E-state index in [9.17, 15) is 4.79 Å². The maximum absolute atomic E-state index is 11.9. The molecule has 0 saturated carbocycles. The van der Waals surface area contributed by atoms with Gasteiger partial charge in [0.15, 0.2) is 0 Å². The van der Waals surface area contributed by atoms with Crippen LogP contribution in [0, 0.1) is 0 Å². The van der Waals surface area contributed by atoms with Gasteiger partial charge in [0.05, 0.1) is 18.0 Å². The van der Waals surface area contributed by atoms with E-state index in [4.69, 9.17) is 5.11 Å². The van der Waals surface area contributed by atoms with Gasteiger partial charge in [0.1, 0.15) is 0 Å². The van der Waals surface area contributed by atoms with Gasteiger partial charge in [0.25, 0.3) is 0 Å². The molecule has 0 saturated heterocycles. The van der Waals surface area contributed by atoms with E-state index in [1.807, 2.05) is 54.6 Å². The molecule has 0 atom stereocenters. The van der Waals surface area contributed by atoms with Crippen LogP contribution in [0.2, 0.25) is 0 Å². The van der Waals surface area contributed by atoms with Crippen LogP contribution in [0.15, 0.2) is 64.4 Å². The van der Waals surface area contributed by atoms with Gasteiger partial charge in [-0.2, -0.15) is 0 Å². The summed E-state index contributed by atoms with van der Waals surface area (Å²) in [4.78, 5) is 14.0. The highest BCUT2D eigenvalue weighted by molar-refractivity contribution is 8.00. The molecule has 5 heteroatoms. The first-order valence-corrected chi connectivity index (χ1v) is 8.57. The Hall–Kier alpha value is -1.43. The summed E-state index contributed by atoms with van der Waals surface area (Å²) in [5.41, 5.74) is 0.820. The van der Waals surface area contributed by atoms with E-state index in [1.165, 1.54) is 11.8 Å². The summed E-state index contributed by atoms with van der Waals surface area (Å²) < 4.78 is 0. The summed E-state index contributed by atoms with van der Waals surface area (Å²) in [6.07, 6.45) is 0. The Labute approximate surface area is 133 Å². The molecule has 110 valence electrons. The molecular weight excluding hydrogens is 302 g/mol. The van der Waals surface area contributed by atoms with Crippen LogP contribution in [0.4, 0.5) is 5.69 Å². The molecule has 2 rings (SSSR count). The lowest BCUT2D eigenvalue weighted by molar-refractivity contribution is -0.113. The molecule has 2 N–H and O–H groups in total. The number of hydrogen-bond donors (Lipinski definition) is 2. The lowest BCUT2D eigenvalue weighted by atomic mass is 10.3. The van der Waals surface area contributed by atoms with Crippen molar-refractivity contribution in [2.75, 3.05) is 23.4 Å². The third-order valence-electron chi connectivity index (χ3n) is 2.60. The fourth-order valence-corrected chi connectivity index (χ4v) is 3.14. The molecule has 0 aliphatic rings. The average Bonchev–Trinajstić information content (AvgIpc) is 2.51. The highest BCUT2D eigenvalue weighted by Gasteiger charge is 2.07. The van der Waals surface area contributed by atoms with Gasteiger partial charge in [-0.25, -0.2) is 0 Å². The van der Waals surface area contributed by atoms with E-state index in [2.05, 4.69) is 5.32 Å². The summed E-state index contributed by atoms with van der Waals surface area (Å²) in [7, 11) is 0. The number of aliphatic hydroxyl groups is 1. The molecule has 0 aliphatic heterocycles. The molecule has 0 heterocycles. The maximum Gasteiger partial charge on any atom is 0.234 e. The lowest BCUT2D eigenvalue weighted by Gasteiger charge is -2.10. The Kier molecular flexibility index (Phi) is 6.66. The Morgan fingerprint density at radius 3 is 2.52 bits per heavy atom. The number of anilines is 1. The quantitative estimate of drug-likeness (QED) is 0.767. The largest absolute Gasteiger partial charge is 0.396 e. The van der Waals surface area contributed by atoms with Crippen molar-refractivity contribution >= 4 is 35.1 Å². The predicted molar refractivity (Wildman–Crippen MR) is 90.0 cm³/mol. The first-order chi connectivity index (χ1) is 10.3. The number of carbonyl (C=O) groups excluding carboxylic acids is 1. The van der Waals surface area contributed by atoms with Crippen molar-refractivity contribution in [1.82, 2.24) is 0 Å². The number of nitrogens with one attached hydrogen (secondary N) is 1.